The summed E-state index contributed by atoms with van der Waals surface area (Å²) in [5, 5.41) is 1.42. The van der Waals surface area contributed by atoms with Crippen molar-refractivity contribution in [3.63, 3.8) is 0 Å². The van der Waals surface area contributed by atoms with Crippen LogP contribution >= 0.6 is 35.1 Å². The highest BCUT2D eigenvalue weighted by Crippen LogP contribution is 2.36. The van der Waals surface area contributed by atoms with Crippen LogP contribution < -0.4 is 4.74 Å². The van der Waals surface area contributed by atoms with Gasteiger partial charge in [-0.1, -0.05) is 71.5 Å². The largest absolute Gasteiger partial charge is 0.479 e. The second-order valence-electron chi connectivity index (χ2n) is 10.1. The van der Waals surface area contributed by atoms with Crippen LogP contribution in [0, 0.1) is 32.4 Å². The number of hydrogen-bond acceptors (Lipinski definition) is 4. The van der Waals surface area contributed by atoms with Crippen molar-refractivity contribution in [2.24, 2.45) is 4.99 Å². The highest BCUT2D eigenvalue weighted by Gasteiger charge is 2.19. The third kappa shape index (κ3) is 8.50. The molecular weight excluding hydrogens is 600 g/mol. The first kappa shape index (κ1) is 30.9. The number of halogens is 3. The molecule has 0 N–H and O–H groups in total. The number of aryl methyl sites for hydroxylation is 2. The van der Waals surface area contributed by atoms with Gasteiger partial charge in [0.1, 0.15) is 17.4 Å². The maximum Gasteiger partial charge on any atom is 0.154 e. The first-order valence-electron chi connectivity index (χ1n) is 13.8. The fourth-order valence-corrected chi connectivity index (χ4v) is 6.97. The topological polar surface area (TPSA) is 21.6 Å². The van der Waals surface area contributed by atoms with E-state index < -0.39 is 5.44 Å². The molecule has 0 aromatic heterocycles. The summed E-state index contributed by atoms with van der Waals surface area (Å²) >= 11 is 9.78. The van der Waals surface area contributed by atoms with Crippen molar-refractivity contribution in [3.05, 3.63) is 143 Å². The maximum atomic E-state index is 13.7. The Morgan fingerprint density at radius 1 is 0.767 bits per heavy atom. The van der Waals surface area contributed by atoms with E-state index >= 15 is 0 Å². The lowest BCUT2D eigenvalue weighted by Gasteiger charge is -2.20. The monoisotopic (exact) mass is 629 g/mol. The lowest BCUT2D eigenvalue weighted by molar-refractivity contribution is 0.296. The Morgan fingerprint density at radius 2 is 1.40 bits per heavy atom. The zero-order valence-electron chi connectivity index (χ0n) is 24.0. The lowest BCUT2D eigenvalue weighted by atomic mass is 10.1. The Kier molecular flexibility index (Phi) is 10.2. The number of nitrogens with zero attached hydrogens (tertiary/aromatic N) is 1. The van der Waals surface area contributed by atoms with Crippen molar-refractivity contribution < 1.29 is 13.5 Å². The van der Waals surface area contributed by atoms with Crippen molar-refractivity contribution in [2.45, 2.75) is 42.4 Å². The molecule has 5 rings (SSSR count). The van der Waals surface area contributed by atoms with Gasteiger partial charge in [-0.05, 0) is 116 Å². The molecule has 2 nitrogen and oxygen atoms in total. The van der Waals surface area contributed by atoms with E-state index in [1.807, 2.05) is 48.5 Å². The van der Waals surface area contributed by atoms with E-state index in [1.54, 1.807) is 36.0 Å². The molecule has 0 bridgehead atoms. The fourth-order valence-electron chi connectivity index (χ4n) is 4.45. The van der Waals surface area contributed by atoms with E-state index in [0.717, 1.165) is 31.6 Å². The number of aliphatic imine (C=N–C) groups is 1. The van der Waals surface area contributed by atoms with Crippen molar-refractivity contribution >= 4 is 45.9 Å². The highest BCUT2D eigenvalue weighted by molar-refractivity contribution is 8.14. The van der Waals surface area contributed by atoms with Crippen LogP contribution in [0.2, 0.25) is 5.02 Å². The molecule has 0 aliphatic rings. The minimum atomic E-state index is -0.436. The molecule has 218 valence electrons. The van der Waals surface area contributed by atoms with Crippen LogP contribution in [0.1, 0.15) is 23.1 Å². The van der Waals surface area contributed by atoms with Gasteiger partial charge in [-0.2, -0.15) is 0 Å². The summed E-state index contributed by atoms with van der Waals surface area (Å²) in [7, 11) is 0. The number of rotatable bonds is 9. The number of benzene rings is 5. The van der Waals surface area contributed by atoms with E-state index in [9.17, 15) is 8.78 Å². The summed E-state index contributed by atoms with van der Waals surface area (Å²) in [5.74, 6) is -0.115. The molecule has 5 aromatic carbocycles. The average molecular weight is 630 g/mol. The molecule has 0 aliphatic heterocycles. The summed E-state index contributed by atoms with van der Waals surface area (Å²) < 4.78 is 33.7. The maximum absolute atomic E-state index is 13.7. The van der Waals surface area contributed by atoms with Gasteiger partial charge in [-0.25, -0.2) is 13.8 Å². The summed E-state index contributed by atoms with van der Waals surface area (Å²) in [6, 6.07) is 32.4. The molecule has 43 heavy (non-hydrogen) atoms. The third-order valence-corrected chi connectivity index (χ3v) is 9.28. The van der Waals surface area contributed by atoms with Gasteiger partial charge in [0.05, 0.1) is 15.8 Å². The third-order valence-electron chi connectivity index (χ3n) is 6.93. The number of thioether (sulfide) groups is 2. The first-order chi connectivity index (χ1) is 20.7. The molecule has 0 saturated carbocycles. The van der Waals surface area contributed by atoms with Crippen molar-refractivity contribution in [3.8, 4) is 16.9 Å². The molecule has 0 aliphatic carbocycles. The Labute approximate surface area is 265 Å². The molecule has 0 saturated heterocycles. The minimum Gasteiger partial charge on any atom is -0.479 e. The van der Waals surface area contributed by atoms with Crippen molar-refractivity contribution in [1.82, 2.24) is 0 Å². The molecule has 0 fully saturated rings. The molecule has 7 heteroatoms. The zero-order valence-corrected chi connectivity index (χ0v) is 26.4. The predicted octanol–water partition coefficient (Wildman–Crippen LogP) is 11.6. The molecule has 1 unspecified atom stereocenters. The second-order valence-corrected chi connectivity index (χ2v) is 12.9. The van der Waals surface area contributed by atoms with Gasteiger partial charge in [0.15, 0.2) is 5.44 Å². The normalized spacial score (nSPS) is 12.3. The van der Waals surface area contributed by atoms with Gasteiger partial charge in [-0.15, -0.1) is 0 Å². The van der Waals surface area contributed by atoms with Crippen LogP contribution in [-0.2, 0) is 0 Å². The van der Waals surface area contributed by atoms with Crippen LogP contribution in [0.4, 0.5) is 14.5 Å². The smallest absolute Gasteiger partial charge is 0.154 e. The molecule has 0 spiro atoms. The molecular formula is C36H30ClF2NOS2. The van der Waals surface area contributed by atoms with E-state index in [4.69, 9.17) is 21.3 Å². The second kappa shape index (κ2) is 14.3. The summed E-state index contributed by atoms with van der Waals surface area (Å²) in [6.45, 7) is 6.34. The van der Waals surface area contributed by atoms with Crippen LogP contribution in [0.15, 0.2) is 124 Å². The van der Waals surface area contributed by atoms with Gasteiger partial charge < -0.3 is 4.74 Å². The van der Waals surface area contributed by atoms with E-state index in [1.165, 1.54) is 52.7 Å². The number of ether oxygens (including phenoxy) is 1. The van der Waals surface area contributed by atoms with Gasteiger partial charge in [0, 0.05) is 21.8 Å². The summed E-state index contributed by atoms with van der Waals surface area (Å²) in [4.78, 5) is 6.98. The summed E-state index contributed by atoms with van der Waals surface area (Å²) in [6.07, 6.45) is 0.425. The highest BCUT2D eigenvalue weighted by atomic mass is 35.5. The molecule has 0 radical (unpaired) electrons. The van der Waals surface area contributed by atoms with Crippen molar-refractivity contribution in [1.29, 1.82) is 0 Å². The molecule has 1 atom stereocenters. The van der Waals surface area contributed by atoms with Gasteiger partial charge in [-0.3, -0.25) is 0 Å². The Balaban J connectivity index is 1.51. The quantitative estimate of drug-likeness (QED) is 0.0700. The Morgan fingerprint density at radius 3 is 2.02 bits per heavy atom. The van der Waals surface area contributed by atoms with Crippen molar-refractivity contribution in [2.75, 3.05) is 0 Å². The van der Waals surface area contributed by atoms with Crippen LogP contribution in [0.5, 0.6) is 5.75 Å². The molecule has 5 aromatic rings. The summed E-state index contributed by atoms with van der Waals surface area (Å²) in [5.41, 5.74) is 5.93. The van der Waals surface area contributed by atoms with Crippen LogP contribution in [-0.4, -0.2) is 10.5 Å². The fraction of sp³-hybridized carbons (Fsp3) is 0.139. The van der Waals surface area contributed by atoms with Gasteiger partial charge in [0.2, 0.25) is 0 Å². The Bertz CT molecular complexity index is 1660. The SMILES string of the molecule is Cc1cc(SC(CC(Oc2ccc(F)cc2)Sc2ccc(F)cc2)=Nc2ccc(-c3ccccc3)c(Cl)c2)cc(C)c1C. The van der Waals surface area contributed by atoms with Gasteiger partial charge >= 0.3 is 0 Å². The number of hydrogen-bond donors (Lipinski definition) is 0. The lowest BCUT2D eigenvalue weighted by Crippen LogP contribution is -2.16. The predicted molar refractivity (Wildman–Crippen MR) is 178 cm³/mol. The van der Waals surface area contributed by atoms with E-state index in [-0.39, 0.29) is 11.6 Å². The zero-order chi connectivity index (χ0) is 30.3. The first-order valence-corrected chi connectivity index (χ1v) is 15.8. The standard InChI is InChI=1S/C36H30ClF2NOS2/c1-23-19-32(20-24(2)25(23)3)42-35(40-29-13-18-33(34(37)21-29)26-7-5-4-6-8-26)22-36(41-30-14-9-27(38)10-15-30)43-31-16-11-28(39)12-17-31/h4-21,36H,22H2,1-3H3. The van der Waals surface area contributed by atoms with E-state index in [0.29, 0.717) is 17.2 Å². The van der Waals surface area contributed by atoms with Crippen LogP contribution in [0.25, 0.3) is 11.1 Å². The minimum absolute atomic E-state index is 0.306. The molecule has 0 amide bonds. The van der Waals surface area contributed by atoms with Crippen LogP contribution in [0.3, 0.4) is 0 Å². The average Bonchev–Trinajstić information content (AvgIpc) is 2.98. The Hall–Kier alpha value is -3.58. The van der Waals surface area contributed by atoms with Gasteiger partial charge in [0.25, 0.3) is 0 Å². The molecule has 0 heterocycles. The van der Waals surface area contributed by atoms with E-state index in [2.05, 4.69) is 32.9 Å².